The molecule has 2 atom stereocenters. The summed E-state index contributed by atoms with van der Waals surface area (Å²) in [6.07, 6.45) is 2.01. The zero-order valence-corrected chi connectivity index (χ0v) is 13.3. The molecule has 3 rings (SSSR count). The van der Waals surface area contributed by atoms with Gasteiger partial charge in [0.1, 0.15) is 6.17 Å². The number of likely N-dealkylation sites (tertiary alicyclic amines) is 1. The van der Waals surface area contributed by atoms with Crippen molar-refractivity contribution in [2.75, 3.05) is 20.1 Å². The van der Waals surface area contributed by atoms with Gasteiger partial charge >= 0.3 is 0 Å². The highest BCUT2D eigenvalue weighted by molar-refractivity contribution is 6.30. The second-order valence-electron chi connectivity index (χ2n) is 6.13. The van der Waals surface area contributed by atoms with Crippen LogP contribution in [-0.4, -0.2) is 47.9 Å². The summed E-state index contributed by atoms with van der Waals surface area (Å²) in [5, 5.41) is 4.12. The minimum atomic E-state index is -0.131. The molecule has 2 aliphatic rings. The van der Waals surface area contributed by atoms with Crippen LogP contribution in [-0.2, 0) is 4.79 Å². The van der Waals surface area contributed by atoms with Gasteiger partial charge in [-0.3, -0.25) is 10.1 Å². The van der Waals surface area contributed by atoms with Gasteiger partial charge in [-0.15, -0.1) is 0 Å². The van der Waals surface area contributed by atoms with Gasteiger partial charge in [-0.25, -0.2) is 0 Å². The molecule has 0 aromatic heterocycles. The van der Waals surface area contributed by atoms with Crippen LogP contribution in [0, 0.1) is 0 Å². The van der Waals surface area contributed by atoms with Crippen LogP contribution >= 0.6 is 11.6 Å². The number of halogens is 1. The second kappa shape index (κ2) is 5.95. The normalized spacial score (nSPS) is 28.3. The molecule has 0 aliphatic carbocycles. The molecular weight excluding hydrogens is 286 g/mol. The van der Waals surface area contributed by atoms with E-state index >= 15 is 0 Å². The van der Waals surface area contributed by atoms with Crippen LogP contribution in [0.4, 0.5) is 0 Å². The third-order valence-electron chi connectivity index (χ3n) is 4.56. The van der Waals surface area contributed by atoms with E-state index in [0.29, 0.717) is 11.1 Å². The Morgan fingerprint density at radius 2 is 2.00 bits per heavy atom. The Kier molecular flexibility index (Phi) is 4.20. The number of rotatable bonds is 2. The van der Waals surface area contributed by atoms with E-state index in [2.05, 4.69) is 17.3 Å². The lowest BCUT2D eigenvalue weighted by atomic mass is 10.0. The summed E-state index contributed by atoms with van der Waals surface area (Å²) < 4.78 is 0. The molecular formula is C16H22ClN3O. The zero-order chi connectivity index (χ0) is 15.0. The van der Waals surface area contributed by atoms with E-state index in [1.54, 1.807) is 0 Å². The van der Waals surface area contributed by atoms with Crippen molar-refractivity contribution in [1.29, 1.82) is 0 Å². The molecule has 2 fully saturated rings. The summed E-state index contributed by atoms with van der Waals surface area (Å²) >= 11 is 6.11. The van der Waals surface area contributed by atoms with E-state index in [9.17, 15) is 4.79 Å². The van der Waals surface area contributed by atoms with Crippen molar-refractivity contribution >= 4 is 17.5 Å². The fourth-order valence-corrected chi connectivity index (χ4v) is 3.54. The Labute approximate surface area is 131 Å². The number of amides is 1. The van der Waals surface area contributed by atoms with Crippen LogP contribution < -0.4 is 5.32 Å². The Morgan fingerprint density at radius 1 is 1.29 bits per heavy atom. The number of hydrogen-bond acceptors (Lipinski definition) is 3. The Balaban J connectivity index is 1.86. The maximum atomic E-state index is 12.6. The standard InChI is InChI=1S/C16H22ClN3O/c1-11-16(21)20(14-6-8-19(2)9-7-14)15(18-11)12-4-3-5-13(17)10-12/h3-5,10-11,14-15,18H,6-9H2,1-2H3. The third-order valence-corrected chi connectivity index (χ3v) is 4.79. The molecule has 4 nitrogen and oxygen atoms in total. The molecule has 0 radical (unpaired) electrons. The van der Waals surface area contributed by atoms with Gasteiger partial charge in [-0.05, 0) is 57.6 Å². The Morgan fingerprint density at radius 3 is 2.67 bits per heavy atom. The molecule has 1 aromatic rings. The number of nitrogens with one attached hydrogen (secondary N) is 1. The molecule has 5 heteroatoms. The van der Waals surface area contributed by atoms with E-state index in [0.717, 1.165) is 31.5 Å². The smallest absolute Gasteiger partial charge is 0.241 e. The predicted molar refractivity (Wildman–Crippen MR) is 84.2 cm³/mol. The van der Waals surface area contributed by atoms with Gasteiger partial charge < -0.3 is 9.80 Å². The minimum Gasteiger partial charge on any atom is -0.318 e. The second-order valence-corrected chi connectivity index (χ2v) is 6.56. The van der Waals surface area contributed by atoms with Crippen LogP contribution in [0.15, 0.2) is 24.3 Å². The van der Waals surface area contributed by atoms with Crippen molar-refractivity contribution < 1.29 is 4.79 Å². The lowest BCUT2D eigenvalue weighted by Gasteiger charge is -2.38. The molecule has 0 spiro atoms. The average molecular weight is 308 g/mol. The summed E-state index contributed by atoms with van der Waals surface area (Å²) in [4.78, 5) is 16.9. The lowest BCUT2D eigenvalue weighted by molar-refractivity contribution is -0.133. The van der Waals surface area contributed by atoms with Crippen molar-refractivity contribution in [2.24, 2.45) is 0 Å². The molecule has 1 aromatic carbocycles. The number of hydrogen-bond donors (Lipinski definition) is 1. The average Bonchev–Trinajstić information content (AvgIpc) is 2.76. The van der Waals surface area contributed by atoms with Crippen LogP contribution in [0.25, 0.3) is 0 Å². The molecule has 2 saturated heterocycles. The number of benzene rings is 1. The maximum Gasteiger partial charge on any atom is 0.241 e. The Bertz CT molecular complexity index is 528. The highest BCUT2D eigenvalue weighted by atomic mass is 35.5. The van der Waals surface area contributed by atoms with E-state index in [1.165, 1.54) is 0 Å². The quantitative estimate of drug-likeness (QED) is 0.910. The highest BCUT2D eigenvalue weighted by Crippen LogP contribution is 2.32. The first kappa shape index (κ1) is 14.8. The molecule has 2 heterocycles. The van der Waals surface area contributed by atoms with Gasteiger partial charge in [0.05, 0.1) is 6.04 Å². The topological polar surface area (TPSA) is 35.6 Å². The van der Waals surface area contributed by atoms with Crippen molar-refractivity contribution in [1.82, 2.24) is 15.1 Å². The summed E-state index contributed by atoms with van der Waals surface area (Å²) in [6, 6.07) is 7.98. The number of piperidine rings is 1. The van der Waals surface area contributed by atoms with E-state index < -0.39 is 0 Å². The summed E-state index contributed by atoms with van der Waals surface area (Å²) in [7, 11) is 2.14. The monoisotopic (exact) mass is 307 g/mol. The molecule has 0 saturated carbocycles. The van der Waals surface area contributed by atoms with Gasteiger partial charge in [-0.2, -0.15) is 0 Å². The minimum absolute atomic E-state index is 0.0559. The van der Waals surface area contributed by atoms with Crippen LogP contribution in [0.2, 0.25) is 5.02 Å². The third kappa shape index (κ3) is 2.93. The molecule has 2 aliphatic heterocycles. The van der Waals surface area contributed by atoms with Crippen molar-refractivity contribution in [3.63, 3.8) is 0 Å². The fraction of sp³-hybridized carbons (Fsp3) is 0.562. The molecule has 1 amide bonds. The van der Waals surface area contributed by atoms with Crippen LogP contribution in [0.1, 0.15) is 31.5 Å². The van der Waals surface area contributed by atoms with Crippen molar-refractivity contribution in [3.05, 3.63) is 34.9 Å². The zero-order valence-electron chi connectivity index (χ0n) is 12.6. The van der Waals surface area contributed by atoms with E-state index in [-0.39, 0.29) is 18.1 Å². The molecule has 21 heavy (non-hydrogen) atoms. The maximum absolute atomic E-state index is 12.6. The first-order valence-electron chi connectivity index (χ1n) is 7.58. The summed E-state index contributed by atoms with van der Waals surface area (Å²) in [5.41, 5.74) is 1.07. The van der Waals surface area contributed by atoms with E-state index in [4.69, 9.17) is 11.6 Å². The number of carbonyl (C=O) groups is 1. The first-order chi connectivity index (χ1) is 10.1. The largest absolute Gasteiger partial charge is 0.318 e. The molecule has 0 bridgehead atoms. The lowest BCUT2D eigenvalue weighted by Crippen LogP contribution is -2.46. The van der Waals surface area contributed by atoms with Crippen LogP contribution in [0.3, 0.4) is 0 Å². The van der Waals surface area contributed by atoms with Crippen molar-refractivity contribution in [2.45, 2.75) is 38.0 Å². The highest BCUT2D eigenvalue weighted by Gasteiger charge is 2.41. The van der Waals surface area contributed by atoms with Gasteiger partial charge in [0.15, 0.2) is 0 Å². The number of nitrogens with zero attached hydrogens (tertiary/aromatic N) is 2. The molecule has 1 N–H and O–H groups in total. The van der Waals surface area contributed by atoms with Gasteiger partial charge in [-0.1, -0.05) is 23.7 Å². The van der Waals surface area contributed by atoms with Gasteiger partial charge in [0.2, 0.25) is 5.91 Å². The molecule has 2 unspecified atom stereocenters. The summed E-state index contributed by atoms with van der Waals surface area (Å²) in [5.74, 6) is 0.203. The fourth-order valence-electron chi connectivity index (χ4n) is 3.34. The molecule has 114 valence electrons. The SMILES string of the molecule is CC1NC(c2cccc(Cl)c2)N(C2CCN(C)CC2)C1=O. The van der Waals surface area contributed by atoms with Gasteiger partial charge in [0, 0.05) is 11.1 Å². The van der Waals surface area contributed by atoms with Crippen molar-refractivity contribution in [3.8, 4) is 0 Å². The predicted octanol–water partition coefficient (Wildman–Crippen LogP) is 2.25. The Hall–Kier alpha value is -1.10. The number of carbonyl (C=O) groups excluding carboxylic acids is 1. The summed E-state index contributed by atoms with van der Waals surface area (Å²) in [6.45, 7) is 4.03. The first-order valence-corrected chi connectivity index (χ1v) is 7.96. The van der Waals surface area contributed by atoms with E-state index in [1.807, 2.05) is 36.1 Å². The van der Waals surface area contributed by atoms with Crippen LogP contribution in [0.5, 0.6) is 0 Å². The van der Waals surface area contributed by atoms with Gasteiger partial charge in [0.25, 0.3) is 0 Å².